The summed E-state index contributed by atoms with van der Waals surface area (Å²) >= 11 is 0. The van der Waals surface area contributed by atoms with Gasteiger partial charge in [0.25, 0.3) is 5.91 Å². The Balaban J connectivity index is 1.50. The number of fused-ring (bicyclic) bond motifs is 2. The summed E-state index contributed by atoms with van der Waals surface area (Å²) in [6, 6.07) is 12.7. The van der Waals surface area contributed by atoms with Crippen molar-refractivity contribution in [2.24, 2.45) is 0 Å². The van der Waals surface area contributed by atoms with E-state index in [0.29, 0.717) is 48.8 Å². The SMILES string of the molecule is C[C@@H](C(=O)N[C@@H]1C(=O)N(Cc2noc3ccccc23)c2ccccc2OC12CCOCC2)N(C)C(=O)OC(C)(C)C. The lowest BCUT2D eigenvalue weighted by atomic mass is 9.84. The van der Waals surface area contributed by atoms with Crippen LogP contribution in [0, 0.1) is 0 Å². The van der Waals surface area contributed by atoms with Gasteiger partial charge >= 0.3 is 6.09 Å². The lowest BCUT2D eigenvalue weighted by molar-refractivity contribution is -0.139. The van der Waals surface area contributed by atoms with E-state index in [1.54, 1.807) is 32.6 Å². The number of amides is 3. The number of rotatable bonds is 5. The molecule has 3 aromatic rings. The van der Waals surface area contributed by atoms with Gasteiger partial charge in [-0.3, -0.25) is 14.5 Å². The summed E-state index contributed by atoms with van der Waals surface area (Å²) in [4.78, 5) is 43.6. The maximum atomic E-state index is 14.5. The summed E-state index contributed by atoms with van der Waals surface area (Å²) in [7, 11) is 1.49. The molecule has 1 spiro atoms. The fourth-order valence-corrected chi connectivity index (χ4v) is 5.14. The van der Waals surface area contributed by atoms with E-state index in [0.717, 1.165) is 5.39 Å². The number of hydrogen-bond acceptors (Lipinski definition) is 8. The standard InChI is InChI=1S/C30H36N4O7/c1-19(33(5)28(37)40-29(2,3)4)26(35)31-25-27(36)34(18-21-20-10-6-8-12-23(20)41-32-21)22-11-7-9-13-24(22)39-30(25)14-16-38-17-15-30/h6-13,19,25H,14-18H2,1-5H3,(H,31,35)/t19-,25+/m0/s1. The average Bonchev–Trinajstić information content (AvgIpc) is 3.32. The Kier molecular flexibility index (Phi) is 7.65. The number of aromatic nitrogens is 1. The zero-order chi connectivity index (χ0) is 29.4. The van der Waals surface area contributed by atoms with Crippen LogP contribution in [0.4, 0.5) is 10.5 Å². The van der Waals surface area contributed by atoms with Crippen molar-refractivity contribution in [3.63, 3.8) is 0 Å². The quantitative estimate of drug-likeness (QED) is 0.493. The summed E-state index contributed by atoms with van der Waals surface area (Å²) in [5.74, 6) is -0.348. The Morgan fingerprint density at radius 2 is 1.83 bits per heavy atom. The summed E-state index contributed by atoms with van der Waals surface area (Å²) in [6.07, 6.45) is 0.126. The van der Waals surface area contributed by atoms with Gasteiger partial charge in [-0.15, -0.1) is 0 Å². The topological polar surface area (TPSA) is 123 Å². The van der Waals surface area contributed by atoms with Gasteiger partial charge in [0.15, 0.2) is 5.58 Å². The molecule has 3 amide bonds. The van der Waals surface area contributed by atoms with Gasteiger partial charge in [0.2, 0.25) is 5.91 Å². The second-order valence-corrected chi connectivity index (χ2v) is 11.5. The maximum Gasteiger partial charge on any atom is 0.410 e. The minimum Gasteiger partial charge on any atom is -0.482 e. The Morgan fingerprint density at radius 3 is 2.56 bits per heavy atom. The van der Waals surface area contributed by atoms with Crippen molar-refractivity contribution < 1.29 is 33.1 Å². The van der Waals surface area contributed by atoms with Crippen LogP contribution < -0.4 is 15.0 Å². The first-order chi connectivity index (χ1) is 19.5. The van der Waals surface area contributed by atoms with Crippen molar-refractivity contribution >= 4 is 34.6 Å². The monoisotopic (exact) mass is 564 g/mol. The number of benzene rings is 2. The molecule has 2 aliphatic heterocycles. The second kappa shape index (κ2) is 11.0. The van der Waals surface area contributed by atoms with Crippen LogP contribution in [0.3, 0.4) is 0 Å². The number of carbonyl (C=O) groups is 3. The van der Waals surface area contributed by atoms with Gasteiger partial charge in [0, 0.05) is 25.3 Å². The highest BCUT2D eigenvalue weighted by molar-refractivity contribution is 6.03. The Bertz CT molecular complexity index is 1440. The Morgan fingerprint density at radius 1 is 1.15 bits per heavy atom. The zero-order valence-corrected chi connectivity index (χ0v) is 24.0. The summed E-state index contributed by atoms with van der Waals surface area (Å²) in [5.41, 5.74) is -0.0394. The molecule has 2 aliphatic rings. The fraction of sp³-hybridized carbons (Fsp3) is 0.467. The first kappa shape index (κ1) is 28.4. The highest BCUT2D eigenvalue weighted by Crippen LogP contribution is 2.41. The Labute approximate surface area is 238 Å². The van der Waals surface area contributed by atoms with Crippen molar-refractivity contribution in [2.75, 3.05) is 25.2 Å². The predicted molar refractivity (Wildman–Crippen MR) is 150 cm³/mol. The third-order valence-electron chi connectivity index (χ3n) is 7.54. The summed E-state index contributed by atoms with van der Waals surface area (Å²) in [5, 5.41) is 7.98. The molecule has 0 aliphatic carbocycles. The molecule has 1 fully saturated rings. The molecule has 1 aromatic heterocycles. The molecular weight excluding hydrogens is 528 g/mol. The van der Waals surface area contributed by atoms with E-state index in [9.17, 15) is 14.4 Å². The Hall–Kier alpha value is -4.12. The molecule has 0 bridgehead atoms. The van der Waals surface area contributed by atoms with Crippen molar-refractivity contribution in [1.29, 1.82) is 0 Å². The summed E-state index contributed by atoms with van der Waals surface area (Å²) in [6.45, 7) is 7.68. The molecule has 2 atom stereocenters. The van der Waals surface area contributed by atoms with Gasteiger partial charge in [-0.25, -0.2) is 4.79 Å². The lowest BCUT2D eigenvalue weighted by Gasteiger charge is -2.42. The normalized spacial score (nSPS) is 19.2. The molecule has 218 valence electrons. The molecule has 41 heavy (non-hydrogen) atoms. The van der Waals surface area contributed by atoms with Crippen molar-refractivity contribution in [2.45, 2.75) is 70.4 Å². The predicted octanol–water partition coefficient (Wildman–Crippen LogP) is 4.04. The summed E-state index contributed by atoms with van der Waals surface area (Å²) < 4.78 is 23.2. The number of nitrogens with one attached hydrogen (secondary N) is 1. The van der Waals surface area contributed by atoms with Crippen LogP contribution >= 0.6 is 0 Å². The zero-order valence-electron chi connectivity index (χ0n) is 24.0. The minimum absolute atomic E-state index is 0.0997. The molecule has 0 radical (unpaired) electrons. The van der Waals surface area contributed by atoms with Gasteiger partial charge in [-0.1, -0.05) is 29.4 Å². The number of hydrogen-bond donors (Lipinski definition) is 1. The molecule has 1 saturated heterocycles. The van der Waals surface area contributed by atoms with Crippen LogP contribution in [0.5, 0.6) is 5.75 Å². The van der Waals surface area contributed by atoms with Crippen molar-refractivity contribution in [1.82, 2.24) is 15.4 Å². The molecule has 0 unspecified atom stereocenters. The largest absolute Gasteiger partial charge is 0.482 e. The van der Waals surface area contributed by atoms with E-state index < -0.39 is 35.3 Å². The number of carbonyl (C=O) groups excluding carboxylic acids is 3. The molecule has 0 saturated carbocycles. The number of anilines is 1. The average molecular weight is 565 g/mol. The third kappa shape index (κ3) is 5.72. The van der Waals surface area contributed by atoms with E-state index in [2.05, 4.69) is 10.5 Å². The van der Waals surface area contributed by atoms with E-state index in [4.69, 9.17) is 18.7 Å². The number of nitrogens with zero attached hydrogens (tertiary/aromatic N) is 3. The van der Waals surface area contributed by atoms with Crippen LogP contribution in [0.25, 0.3) is 11.0 Å². The number of para-hydroxylation sites is 3. The van der Waals surface area contributed by atoms with Gasteiger partial charge in [0.05, 0.1) is 25.4 Å². The van der Waals surface area contributed by atoms with E-state index in [1.807, 2.05) is 48.5 Å². The first-order valence-electron chi connectivity index (χ1n) is 13.8. The van der Waals surface area contributed by atoms with Crippen LogP contribution in [-0.4, -0.2) is 71.5 Å². The molecule has 5 rings (SSSR count). The van der Waals surface area contributed by atoms with Crippen LogP contribution in [0.15, 0.2) is 53.1 Å². The molecule has 11 heteroatoms. The van der Waals surface area contributed by atoms with Gasteiger partial charge in [0.1, 0.15) is 34.7 Å². The van der Waals surface area contributed by atoms with Gasteiger partial charge < -0.3 is 29.0 Å². The van der Waals surface area contributed by atoms with Crippen LogP contribution in [-0.2, 0) is 25.6 Å². The second-order valence-electron chi connectivity index (χ2n) is 11.5. The number of ether oxygens (including phenoxy) is 3. The molecular formula is C30H36N4O7. The van der Waals surface area contributed by atoms with Gasteiger partial charge in [-0.05, 0) is 52.0 Å². The molecule has 3 heterocycles. The highest BCUT2D eigenvalue weighted by Gasteiger charge is 2.52. The lowest BCUT2D eigenvalue weighted by Crippen LogP contribution is -2.65. The smallest absolute Gasteiger partial charge is 0.410 e. The van der Waals surface area contributed by atoms with Crippen molar-refractivity contribution in [3.8, 4) is 5.75 Å². The maximum absolute atomic E-state index is 14.5. The van der Waals surface area contributed by atoms with E-state index in [1.165, 1.54) is 11.9 Å². The molecule has 11 nitrogen and oxygen atoms in total. The molecule has 1 N–H and O–H groups in total. The van der Waals surface area contributed by atoms with Crippen LogP contribution in [0.1, 0.15) is 46.2 Å². The van der Waals surface area contributed by atoms with Gasteiger partial charge in [-0.2, -0.15) is 0 Å². The van der Waals surface area contributed by atoms with E-state index >= 15 is 0 Å². The van der Waals surface area contributed by atoms with Crippen molar-refractivity contribution in [3.05, 3.63) is 54.2 Å². The number of likely N-dealkylation sites (N-methyl/N-ethyl adjacent to an activating group) is 1. The third-order valence-corrected chi connectivity index (χ3v) is 7.54. The minimum atomic E-state index is -1.07. The van der Waals surface area contributed by atoms with Crippen LogP contribution in [0.2, 0.25) is 0 Å². The highest BCUT2D eigenvalue weighted by atomic mass is 16.6. The first-order valence-corrected chi connectivity index (χ1v) is 13.8. The molecule has 2 aromatic carbocycles. The fourth-order valence-electron chi connectivity index (χ4n) is 5.14. The van der Waals surface area contributed by atoms with E-state index in [-0.39, 0.29) is 12.5 Å².